The normalized spacial score (nSPS) is 10.7. The van der Waals surface area contributed by atoms with Gasteiger partial charge in [-0.2, -0.15) is 0 Å². The van der Waals surface area contributed by atoms with E-state index in [1.807, 2.05) is 19.9 Å². The first-order valence-corrected chi connectivity index (χ1v) is 6.61. The topological polar surface area (TPSA) is 76.7 Å². The predicted octanol–water partition coefficient (Wildman–Crippen LogP) is 2.30. The van der Waals surface area contributed by atoms with Gasteiger partial charge >= 0.3 is 0 Å². The number of aryl methyl sites for hydroxylation is 3. The first-order valence-electron chi connectivity index (χ1n) is 6.61. The zero-order valence-corrected chi connectivity index (χ0v) is 11.6. The van der Waals surface area contributed by atoms with Crippen molar-refractivity contribution in [2.75, 3.05) is 5.32 Å². The van der Waals surface area contributed by atoms with E-state index >= 15 is 0 Å². The SMILES string of the molecule is CCCc1nc(C)cc(NCc2nnc(CC)o2)n1. The number of anilines is 1. The van der Waals surface area contributed by atoms with Crippen molar-refractivity contribution in [2.45, 2.75) is 46.6 Å². The number of nitrogens with zero attached hydrogens (tertiary/aromatic N) is 4. The Labute approximate surface area is 112 Å². The van der Waals surface area contributed by atoms with Crippen LogP contribution in [0.3, 0.4) is 0 Å². The summed E-state index contributed by atoms with van der Waals surface area (Å²) in [4.78, 5) is 8.85. The Hall–Kier alpha value is -1.98. The molecule has 0 amide bonds. The lowest BCUT2D eigenvalue weighted by atomic mass is 10.3. The van der Waals surface area contributed by atoms with Gasteiger partial charge in [0, 0.05) is 24.6 Å². The molecule has 19 heavy (non-hydrogen) atoms. The number of nitrogens with one attached hydrogen (secondary N) is 1. The van der Waals surface area contributed by atoms with Crippen LogP contribution in [0.2, 0.25) is 0 Å². The lowest BCUT2D eigenvalue weighted by Gasteiger charge is -2.06. The molecule has 0 aliphatic rings. The lowest BCUT2D eigenvalue weighted by molar-refractivity contribution is 0.460. The molecule has 0 fully saturated rings. The van der Waals surface area contributed by atoms with E-state index in [-0.39, 0.29) is 0 Å². The average Bonchev–Trinajstić information content (AvgIpc) is 2.84. The maximum Gasteiger partial charge on any atom is 0.235 e. The van der Waals surface area contributed by atoms with Crippen LogP contribution in [0, 0.1) is 6.92 Å². The number of rotatable bonds is 6. The fraction of sp³-hybridized carbons (Fsp3) is 0.538. The van der Waals surface area contributed by atoms with Crippen molar-refractivity contribution in [1.82, 2.24) is 20.2 Å². The van der Waals surface area contributed by atoms with E-state index in [9.17, 15) is 0 Å². The second kappa shape index (κ2) is 6.26. The van der Waals surface area contributed by atoms with E-state index in [1.54, 1.807) is 0 Å². The van der Waals surface area contributed by atoms with Gasteiger partial charge in [0.2, 0.25) is 11.8 Å². The van der Waals surface area contributed by atoms with Crippen molar-refractivity contribution >= 4 is 5.82 Å². The molecule has 0 radical (unpaired) electrons. The minimum absolute atomic E-state index is 0.481. The molecule has 0 aromatic carbocycles. The highest BCUT2D eigenvalue weighted by molar-refractivity contribution is 5.35. The van der Waals surface area contributed by atoms with Crippen molar-refractivity contribution < 1.29 is 4.42 Å². The summed E-state index contributed by atoms with van der Waals surface area (Å²) in [6, 6.07) is 1.91. The smallest absolute Gasteiger partial charge is 0.235 e. The van der Waals surface area contributed by atoms with Gasteiger partial charge in [0.15, 0.2) is 0 Å². The van der Waals surface area contributed by atoms with Gasteiger partial charge in [0.05, 0.1) is 6.54 Å². The van der Waals surface area contributed by atoms with Gasteiger partial charge in [-0.1, -0.05) is 13.8 Å². The standard InChI is InChI=1S/C13H19N5O/c1-4-6-10-15-9(3)7-11(16-10)14-8-13-18-17-12(5-2)19-13/h7H,4-6,8H2,1-3H3,(H,14,15,16). The first kappa shape index (κ1) is 13.5. The van der Waals surface area contributed by atoms with E-state index in [2.05, 4.69) is 32.4 Å². The molecule has 2 aromatic heterocycles. The highest BCUT2D eigenvalue weighted by Crippen LogP contribution is 2.09. The summed E-state index contributed by atoms with van der Waals surface area (Å²) >= 11 is 0. The third-order valence-electron chi connectivity index (χ3n) is 2.61. The summed E-state index contributed by atoms with van der Waals surface area (Å²) in [5.41, 5.74) is 0.959. The molecule has 6 nitrogen and oxygen atoms in total. The number of hydrogen-bond acceptors (Lipinski definition) is 6. The summed E-state index contributed by atoms with van der Waals surface area (Å²) in [6.45, 7) is 6.54. The largest absolute Gasteiger partial charge is 0.423 e. The number of aromatic nitrogens is 4. The monoisotopic (exact) mass is 261 g/mol. The zero-order chi connectivity index (χ0) is 13.7. The second-order valence-electron chi connectivity index (χ2n) is 4.36. The van der Waals surface area contributed by atoms with Crippen LogP contribution in [0.5, 0.6) is 0 Å². The van der Waals surface area contributed by atoms with Crippen LogP contribution in [0.25, 0.3) is 0 Å². The number of hydrogen-bond donors (Lipinski definition) is 1. The summed E-state index contributed by atoms with van der Waals surface area (Å²) in [5, 5.41) is 11.1. The third kappa shape index (κ3) is 3.74. The van der Waals surface area contributed by atoms with Gasteiger partial charge in [0.1, 0.15) is 11.6 Å². The molecule has 0 aliphatic heterocycles. The molecule has 0 atom stereocenters. The molecule has 0 saturated carbocycles. The first-order chi connectivity index (χ1) is 9.21. The molecule has 1 N–H and O–H groups in total. The maximum absolute atomic E-state index is 5.43. The minimum atomic E-state index is 0.481. The fourth-order valence-electron chi connectivity index (χ4n) is 1.72. The Morgan fingerprint density at radius 3 is 2.63 bits per heavy atom. The molecule has 0 saturated heterocycles. The zero-order valence-electron chi connectivity index (χ0n) is 11.6. The quantitative estimate of drug-likeness (QED) is 0.859. The molecule has 0 bridgehead atoms. The minimum Gasteiger partial charge on any atom is -0.423 e. The summed E-state index contributed by atoms with van der Waals surface area (Å²) in [5.74, 6) is 2.89. The predicted molar refractivity (Wildman–Crippen MR) is 71.8 cm³/mol. The van der Waals surface area contributed by atoms with Crippen molar-refractivity contribution in [2.24, 2.45) is 0 Å². The van der Waals surface area contributed by atoms with Gasteiger partial charge < -0.3 is 9.73 Å². The molecule has 102 valence electrons. The summed E-state index contributed by atoms with van der Waals surface area (Å²) in [6.07, 6.45) is 2.67. The average molecular weight is 261 g/mol. The van der Waals surface area contributed by atoms with E-state index in [0.717, 1.165) is 36.6 Å². The van der Waals surface area contributed by atoms with Crippen LogP contribution in [-0.2, 0) is 19.4 Å². The van der Waals surface area contributed by atoms with Crippen LogP contribution in [-0.4, -0.2) is 20.2 Å². The van der Waals surface area contributed by atoms with Crippen LogP contribution >= 0.6 is 0 Å². The molecular weight excluding hydrogens is 242 g/mol. The van der Waals surface area contributed by atoms with Crippen molar-refractivity contribution in [1.29, 1.82) is 0 Å². The summed E-state index contributed by atoms with van der Waals surface area (Å²) in [7, 11) is 0. The Bertz CT molecular complexity index is 538. The van der Waals surface area contributed by atoms with E-state index in [0.29, 0.717) is 18.3 Å². The molecular formula is C13H19N5O. The van der Waals surface area contributed by atoms with Crippen LogP contribution < -0.4 is 5.32 Å². The van der Waals surface area contributed by atoms with Crippen molar-refractivity contribution in [3.63, 3.8) is 0 Å². The van der Waals surface area contributed by atoms with E-state index in [4.69, 9.17) is 4.42 Å². The van der Waals surface area contributed by atoms with E-state index in [1.165, 1.54) is 0 Å². The molecule has 2 heterocycles. The van der Waals surface area contributed by atoms with Crippen molar-refractivity contribution in [3.8, 4) is 0 Å². The highest BCUT2D eigenvalue weighted by atomic mass is 16.4. The third-order valence-corrected chi connectivity index (χ3v) is 2.61. The van der Waals surface area contributed by atoms with Crippen molar-refractivity contribution in [3.05, 3.63) is 29.4 Å². The van der Waals surface area contributed by atoms with Gasteiger partial charge in [-0.3, -0.25) is 0 Å². The van der Waals surface area contributed by atoms with E-state index < -0.39 is 0 Å². The molecule has 2 aromatic rings. The Morgan fingerprint density at radius 2 is 1.95 bits per heavy atom. The van der Waals surface area contributed by atoms with Gasteiger partial charge in [-0.05, 0) is 13.3 Å². The van der Waals surface area contributed by atoms with Crippen LogP contribution in [0.15, 0.2) is 10.5 Å². The van der Waals surface area contributed by atoms with Crippen LogP contribution in [0.4, 0.5) is 5.82 Å². The maximum atomic E-state index is 5.43. The molecule has 6 heteroatoms. The molecule has 2 rings (SSSR count). The molecule has 0 unspecified atom stereocenters. The summed E-state index contributed by atoms with van der Waals surface area (Å²) < 4.78 is 5.43. The van der Waals surface area contributed by atoms with Crippen LogP contribution in [0.1, 0.15) is 43.6 Å². The fourth-order valence-corrected chi connectivity index (χ4v) is 1.72. The van der Waals surface area contributed by atoms with Gasteiger partial charge in [-0.15, -0.1) is 10.2 Å². The Morgan fingerprint density at radius 1 is 1.16 bits per heavy atom. The highest BCUT2D eigenvalue weighted by Gasteiger charge is 2.06. The second-order valence-corrected chi connectivity index (χ2v) is 4.36. The van der Waals surface area contributed by atoms with Gasteiger partial charge in [0.25, 0.3) is 0 Å². The van der Waals surface area contributed by atoms with Gasteiger partial charge in [-0.25, -0.2) is 9.97 Å². The molecule has 0 aliphatic carbocycles. The Kier molecular flexibility index (Phi) is 4.43. The molecule has 0 spiro atoms. The lowest BCUT2D eigenvalue weighted by Crippen LogP contribution is -2.05. The Balaban J connectivity index is 2.02.